The highest BCUT2D eigenvalue weighted by Gasteiger charge is 2.51. The van der Waals surface area contributed by atoms with Crippen LogP contribution in [0.2, 0.25) is 0 Å². The van der Waals surface area contributed by atoms with E-state index in [-0.39, 0.29) is 5.60 Å². The van der Waals surface area contributed by atoms with Crippen LogP contribution in [0.5, 0.6) is 0 Å². The van der Waals surface area contributed by atoms with E-state index >= 15 is 0 Å². The van der Waals surface area contributed by atoms with Gasteiger partial charge in [-0.15, -0.1) is 0 Å². The molecule has 2 aliphatic rings. The largest absolute Gasteiger partial charge is 0.390 e. The van der Waals surface area contributed by atoms with Gasteiger partial charge in [0.05, 0.1) is 5.60 Å². The summed E-state index contributed by atoms with van der Waals surface area (Å²) < 4.78 is 0. The molecule has 2 aliphatic carbocycles. The molecule has 0 aromatic heterocycles. The van der Waals surface area contributed by atoms with E-state index in [2.05, 4.69) is 13.8 Å². The van der Waals surface area contributed by atoms with Gasteiger partial charge in [-0.1, -0.05) is 13.8 Å². The Balaban J connectivity index is 2.00. The maximum absolute atomic E-state index is 9.86. The van der Waals surface area contributed by atoms with Crippen molar-refractivity contribution in [2.45, 2.75) is 51.6 Å². The number of hydrogen-bond donors (Lipinski definition) is 1. The van der Waals surface area contributed by atoms with E-state index in [4.69, 9.17) is 0 Å². The Hall–Kier alpha value is -0.0400. The molecule has 1 heteroatoms. The van der Waals surface area contributed by atoms with E-state index in [0.29, 0.717) is 11.3 Å². The van der Waals surface area contributed by atoms with E-state index in [1.807, 2.05) is 0 Å². The van der Waals surface area contributed by atoms with Crippen LogP contribution in [0.1, 0.15) is 46.0 Å². The van der Waals surface area contributed by atoms with Gasteiger partial charge in [0.1, 0.15) is 0 Å². The standard InChI is InChI=1S/C10H18O/c1-9(2)4-3-8(7-9)10(11)5-6-10/h8,11H,3-7H2,1-2H3. The van der Waals surface area contributed by atoms with E-state index < -0.39 is 0 Å². The van der Waals surface area contributed by atoms with E-state index in [0.717, 1.165) is 12.8 Å². The Kier molecular flexibility index (Phi) is 1.39. The van der Waals surface area contributed by atoms with Gasteiger partial charge in [-0.05, 0) is 43.4 Å². The lowest BCUT2D eigenvalue weighted by atomic mass is 9.88. The zero-order valence-electron chi connectivity index (χ0n) is 7.56. The highest BCUT2D eigenvalue weighted by Crippen LogP contribution is 2.53. The lowest BCUT2D eigenvalue weighted by Gasteiger charge is -2.20. The highest BCUT2D eigenvalue weighted by atomic mass is 16.3. The number of hydrogen-bond acceptors (Lipinski definition) is 1. The normalized spacial score (nSPS) is 39.0. The summed E-state index contributed by atoms with van der Waals surface area (Å²) >= 11 is 0. The summed E-state index contributed by atoms with van der Waals surface area (Å²) in [7, 11) is 0. The molecule has 0 aliphatic heterocycles. The predicted molar refractivity (Wildman–Crippen MR) is 45.3 cm³/mol. The van der Waals surface area contributed by atoms with Crippen molar-refractivity contribution in [3.8, 4) is 0 Å². The van der Waals surface area contributed by atoms with Crippen LogP contribution < -0.4 is 0 Å². The Morgan fingerprint density at radius 1 is 1.18 bits per heavy atom. The summed E-state index contributed by atoms with van der Waals surface area (Å²) in [6.07, 6.45) is 5.93. The molecule has 2 saturated carbocycles. The van der Waals surface area contributed by atoms with E-state index in [1.54, 1.807) is 0 Å². The second kappa shape index (κ2) is 2.01. The zero-order valence-corrected chi connectivity index (χ0v) is 7.56. The van der Waals surface area contributed by atoms with Crippen LogP contribution in [0.4, 0.5) is 0 Å². The van der Waals surface area contributed by atoms with Crippen molar-refractivity contribution in [3.05, 3.63) is 0 Å². The molecule has 0 amide bonds. The molecule has 1 nitrogen and oxygen atoms in total. The number of rotatable bonds is 1. The summed E-state index contributed by atoms with van der Waals surface area (Å²) in [6, 6.07) is 0. The minimum atomic E-state index is -0.215. The van der Waals surface area contributed by atoms with Crippen LogP contribution in [-0.2, 0) is 0 Å². The molecule has 0 bridgehead atoms. The van der Waals surface area contributed by atoms with Gasteiger partial charge in [0.2, 0.25) is 0 Å². The van der Waals surface area contributed by atoms with Gasteiger partial charge in [0.15, 0.2) is 0 Å². The fraction of sp³-hybridized carbons (Fsp3) is 1.00. The van der Waals surface area contributed by atoms with Gasteiger partial charge in [0.25, 0.3) is 0 Å². The second-order valence-corrected chi connectivity index (χ2v) is 5.21. The molecule has 0 aromatic rings. The highest BCUT2D eigenvalue weighted by molar-refractivity contribution is 5.03. The van der Waals surface area contributed by atoms with Gasteiger partial charge in [0, 0.05) is 0 Å². The van der Waals surface area contributed by atoms with Crippen molar-refractivity contribution >= 4 is 0 Å². The average Bonchev–Trinajstić information content (AvgIpc) is 2.51. The molecule has 0 spiro atoms. The van der Waals surface area contributed by atoms with Crippen molar-refractivity contribution in [1.82, 2.24) is 0 Å². The summed E-state index contributed by atoms with van der Waals surface area (Å²) in [5.41, 5.74) is 0.288. The second-order valence-electron chi connectivity index (χ2n) is 5.21. The van der Waals surface area contributed by atoms with Crippen LogP contribution in [0, 0.1) is 11.3 Å². The van der Waals surface area contributed by atoms with Gasteiger partial charge in [-0.2, -0.15) is 0 Å². The molecule has 1 unspecified atom stereocenters. The Labute approximate surface area is 68.8 Å². The van der Waals surface area contributed by atoms with Gasteiger partial charge >= 0.3 is 0 Å². The summed E-state index contributed by atoms with van der Waals surface area (Å²) in [4.78, 5) is 0. The number of aliphatic hydroxyl groups is 1. The lowest BCUT2D eigenvalue weighted by molar-refractivity contribution is 0.0794. The van der Waals surface area contributed by atoms with E-state index in [9.17, 15) is 5.11 Å². The van der Waals surface area contributed by atoms with Crippen LogP contribution >= 0.6 is 0 Å². The first kappa shape index (κ1) is 7.60. The molecule has 2 rings (SSSR count). The summed E-state index contributed by atoms with van der Waals surface area (Å²) in [5, 5.41) is 9.86. The SMILES string of the molecule is CC1(C)CCC(C2(O)CC2)C1. The molecule has 0 saturated heterocycles. The van der Waals surface area contributed by atoms with Crippen molar-refractivity contribution in [1.29, 1.82) is 0 Å². The molecular formula is C10H18O. The monoisotopic (exact) mass is 154 g/mol. The van der Waals surface area contributed by atoms with Crippen LogP contribution in [0.25, 0.3) is 0 Å². The fourth-order valence-electron chi connectivity index (χ4n) is 2.43. The molecular weight excluding hydrogens is 136 g/mol. The van der Waals surface area contributed by atoms with Crippen LogP contribution in [-0.4, -0.2) is 10.7 Å². The minimum absolute atomic E-state index is 0.215. The molecule has 1 atom stereocenters. The van der Waals surface area contributed by atoms with Crippen molar-refractivity contribution in [2.75, 3.05) is 0 Å². The van der Waals surface area contributed by atoms with Crippen molar-refractivity contribution in [3.63, 3.8) is 0 Å². The molecule has 64 valence electrons. The average molecular weight is 154 g/mol. The third-order valence-corrected chi connectivity index (χ3v) is 3.49. The maximum Gasteiger partial charge on any atom is 0.0678 e. The summed E-state index contributed by atoms with van der Waals surface area (Å²) in [5.74, 6) is 0.623. The minimum Gasteiger partial charge on any atom is -0.390 e. The molecule has 0 aromatic carbocycles. The van der Waals surface area contributed by atoms with Crippen LogP contribution in [0.15, 0.2) is 0 Å². The first-order valence-corrected chi connectivity index (χ1v) is 4.74. The third-order valence-electron chi connectivity index (χ3n) is 3.49. The Morgan fingerprint density at radius 3 is 2.18 bits per heavy atom. The zero-order chi connectivity index (χ0) is 8.11. The topological polar surface area (TPSA) is 20.2 Å². The lowest BCUT2D eigenvalue weighted by Crippen LogP contribution is -2.20. The third kappa shape index (κ3) is 1.31. The molecule has 0 heterocycles. The quantitative estimate of drug-likeness (QED) is 0.614. The van der Waals surface area contributed by atoms with Crippen molar-refractivity contribution in [2.24, 2.45) is 11.3 Å². The molecule has 11 heavy (non-hydrogen) atoms. The van der Waals surface area contributed by atoms with Crippen LogP contribution in [0.3, 0.4) is 0 Å². The first-order chi connectivity index (χ1) is 5.02. The van der Waals surface area contributed by atoms with Gasteiger partial charge in [-0.3, -0.25) is 0 Å². The fourth-order valence-corrected chi connectivity index (χ4v) is 2.43. The Morgan fingerprint density at radius 2 is 1.82 bits per heavy atom. The predicted octanol–water partition coefficient (Wildman–Crippen LogP) is 2.34. The summed E-state index contributed by atoms with van der Waals surface area (Å²) in [6.45, 7) is 4.64. The maximum atomic E-state index is 9.86. The van der Waals surface area contributed by atoms with Gasteiger partial charge < -0.3 is 5.11 Å². The smallest absolute Gasteiger partial charge is 0.0678 e. The first-order valence-electron chi connectivity index (χ1n) is 4.74. The molecule has 1 N–H and O–H groups in total. The molecule has 0 radical (unpaired) electrons. The van der Waals surface area contributed by atoms with E-state index in [1.165, 1.54) is 19.3 Å². The Bertz CT molecular complexity index is 168. The molecule has 2 fully saturated rings. The van der Waals surface area contributed by atoms with Gasteiger partial charge in [-0.25, -0.2) is 0 Å². The van der Waals surface area contributed by atoms with Crippen molar-refractivity contribution < 1.29 is 5.11 Å².